The molecule has 1 rings (SSSR count). The van der Waals surface area contributed by atoms with E-state index in [4.69, 9.17) is 5.11 Å². The average Bonchev–Trinajstić information content (AvgIpc) is 2.29. The number of urea groups is 1. The summed E-state index contributed by atoms with van der Waals surface area (Å²) in [4.78, 5) is 24.6. The number of carboxylic acids is 1. The summed E-state index contributed by atoms with van der Waals surface area (Å²) in [5.41, 5.74) is 1.12. The van der Waals surface area contributed by atoms with Crippen molar-refractivity contribution in [3.63, 3.8) is 0 Å². The molecule has 1 aromatic carbocycles. The monoisotopic (exact) mass is 278 g/mol. The number of anilines is 1. The van der Waals surface area contributed by atoms with Crippen molar-refractivity contribution in [2.45, 2.75) is 39.7 Å². The standard InChI is InChI=1S/C15H22N2O3/c1-5-17(12-8-6-11(2)7-9-12)14(20)16-15(3,4)10-13(18)19/h6-9H,5,10H2,1-4H3,(H,16,20)(H,18,19). The highest BCUT2D eigenvalue weighted by Gasteiger charge is 2.26. The van der Waals surface area contributed by atoms with Gasteiger partial charge in [-0.05, 0) is 39.8 Å². The first-order chi connectivity index (χ1) is 9.25. The number of carbonyl (C=O) groups excluding carboxylic acids is 1. The number of nitrogens with zero attached hydrogens (tertiary/aromatic N) is 1. The zero-order chi connectivity index (χ0) is 15.3. The fraction of sp³-hybridized carbons (Fsp3) is 0.467. The van der Waals surface area contributed by atoms with Gasteiger partial charge in [0.25, 0.3) is 0 Å². The molecule has 2 N–H and O–H groups in total. The largest absolute Gasteiger partial charge is 0.481 e. The van der Waals surface area contributed by atoms with Crippen molar-refractivity contribution in [1.29, 1.82) is 0 Å². The Morgan fingerprint density at radius 3 is 2.25 bits per heavy atom. The number of aliphatic carboxylic acids is 1. The van der Waals surface area contributed by atoms with Crippen molar-refractivity contribution in [3.8, 4) is 0 Å². The van der Waals surface area contributed by atoms with Crippen LogP contribution >= 0.6 is 0 Å². The van der Waals surface area contributed by atoms with Gasteiger partial charge in [-0.2, -0.15) is 0 Å². The molecule has 0 aromatic heterocycles. The maximum atomic E-state index is 12.3. The molecule has 1 aromatic rings. The van der Waals surface area contributed by atoms with Gasteiger partial charge in [-0.1, -0.05) is 17.7 Å². The zero-order valence-corrected chi connectivity index (χ0v) is 12.4. The van der Waals surface area contributed by atoms with E-state index < -0.39 is 11.5 Å². The molecule has 0 radical (unpaired) electrons. The van der Waals surface area contributed by atoms with E-state index >= 15 is 0 Å². The van der Waals surface area contributed by atoms with Crippen LogP contribution in [0.25, 0.3) is 0 Å². The van der Waals surface area contributed by atoms with Gasteiger partial charge in [0.2, 0.25) is 0 Å². The maximum absolute atomic E-state index is 12.3. The Morgan fingerprint density at radius 2 is 1.80 bits per heavy atom. The predicted molar refractivity (Wildman–Crippen MR) is 79.1 cm³/mol. The van der Waals surface area contributed by atoms with Crippen LogP contribution in [0.5, 0.6) is 0 Å². The summed E-state index contributed by atoms with van der Waals surface area (Å²) in [5, 5.41) is 11.6. The van der Waals surface area contributed by atoms with Crippen LogP contribution in [0.4, 0.5) is 10.5 Å². The minimum absolute atomic E-state index is 0.121. The van der Waals surface area contributed by atoms with Crippen LogP contribution < -0.4 is 10.2 Å². The summed E-state index contributed by atoms with van der Waals surface area (Å²) < 4.78 is 0. The van der Waals surface area contributed by atoms with Gasteiger partial charge in [0.1, 0.15) is 0 Å². The van der Waals surface area contributed by atoms with Crippen LogP contribution in [-0.2, 0) is 4.79 Å². The minimum atomic E-state index is -0.936. The fourth-order valence-corrected chi connectivity index (χ4v) is 1.95. The van der Waals surface area contributed by atoms with Crippen LogP contribution in [0.3, 0.4) is 0 Å². The smallest absolute Gasteiger partial charge is 0.322 e. The predicted octanol–water partition coefficient (Wildman–Crippen LogP) is 2.78. The van der Waals surface area contributed by atoms with E-state index in [1.807, 2.05) is 38.1 Å². The van der Waals surface area contributed by atoms with Gasteiger partial charge >= 0.3 is 12.0 Å². The molecular formula is C15H22N2O3. The summed E-state index contributed by atoms with van der Waals surface area (Å²) in [6.07, 6.45) is -0.121. The number of nitrogens with one attached hydrogen (secondary N) is 1. The molecule has 5 heteroatoms. The number of aryl methyl sites for hydroxylation is 1. The van der Waals surface area contributed by atoms with Gasteiger partial charge < -0.3 is 10.4 Å². The van der Waals surface area contributed by atoms with E-state index in [9.17, 15) is 9.59 Å². The lowest BCUT2D eigenvalue weighted by molar-refractivity contribution is -0.138. The van der Waals surface area contributed by atoms with E-state index in [0.29, 0.717) is 6.54 Å². The third-order valence-corrected chi connectivity index (χ3v) is 2.95. The highest BCUT2D eigenvalue weighted by molar-refractivity contribution is 5.92. The van der Waals surface area contributed by atoms with Crippen molar-refractivity contribution in [3.05, 3.63) is 29.8 Å². The van der Waals surface area contributed by atoms with Gasteiger partial charge in [0, 0.05) is 17.8 Å². The number of hydrogen-bond donors (Lipinski definition) is 2. The first-order valence-corrected chi connectivity index (χ1v) is 6.63. The molecule has 0 heterocycles. The Balaban J connectivity index is 2.82. The Hall–Kier alpha value is -2.04. The van der Waals surface area contributed by atoms with Gasteiger partial charge in [-0.25, -0.2) is 4.79 Å². The second kappa shape index (κ2) is 6.41. The molecule has 110 valence electrons. The second-order valence-electron chi connectivity index (χ2n) is 5.46. The molecular weight excluding hydrogens is 256 g/mol. The summed E-state index contributed by atoms with van der Waals surface area (Å²) in [5.74, 6) is -0.936. The molecule has 0 spiro atoms. The van der Waals surface area contributed by atoms with Crippen molar-refractivity contribution >= 4 is 17.7 Å². The second-order valence-corrected chi connectivity index (χ2v) is 5.46. The number of benzene rings is 1. The van der Waals surface area contributed by atoms with Crippen LogP contribution in [0.1, 0.15) is 32.8 Å². The van der Waals surface area contributed by atoms with Crippen molar-refractivity contribution in [2.24, 2.45) is 0 Å². The molecule has 0 aliphatic carbocycles. The average molecular weight is 278 g/mol. The molecule has 20 heavy (non-hydrogen) atoms. The SMILES string of the molecule is CCN(C(=O)NC(C)(C)CC(=O)O)c1ccc(C)cc1. The summed E-state index contributed by atoms with van der Waals surface area (Å²) in [6, 6.07) is 7.34. The van der Waals surface area contributed by atoms with Crippen LogP contribution in [0, 0.1) is 6.92 Å². The van der Waals surface area contributed by atoms with Gasteiger partial charge in [0.05, 0.1) is 6.42 Å². The molecule has 5 nitrogen and oxygen atoms in total. The Morgan fingerprint density at radius 1 is 1.25 bits per heavy atom. The molecule has 0 unspecified atom stereocenters. The number of carboxylic acid groups (broad SMARTS) is 1. The molecule has 2 amide bonds. The summed E-state index contributed by atoms with van der Waals surface area (Å²) in [6.45, 7) is 7.77. The Labute approximate surface area is 119 Å². The highest BCUT2D eigenvalue weighted by Crippen LogP contribution is 2.17. The number of hydrogen-bond acceptors (Lipinski definition) is 2. The maximum Gasteiger partial charge on any atom is 0.322 e. The summed E-state index contributed by atoms with van der Waals surface area (Å²) in [7, 11) is 0. The molecule has 0 saturated heterocycles. The summed E-state index contributed by atoms with van der Waals surface area (Å²) >= 11 is 0. The number of rotatable bonds is 5. The van der Waals surface area contributed by atoms with Crippen molar-refractivity contribution in [2.75, 3.05) is 11.4 Å². The molecule has 0 atom stereocenters. The third kappa shape index (κ3) is 4.57. The number of carbonyl (C=O) groups is 2. The molecule has 0 saturated carbocycles. The van der Waals surface area contributed by atoms with Crippen LogP contribution in [0.15, 0.2) is 24.3 Å². The van der Waals surface area contributed by atoms with Crippen LogP contribution in [0.2, 0.25) is 0 Å². The van der Waals surface area contributed by atoms with E-state index in [0.717, 1.165) is 11.3 Å². The van der Waals surface area contributed by atoms with Gasteiger partial charge in [0.15, 0.2) is 0 Å². The first kappa shape index (κ1) is 16.0. The third-order valence-electron chi connectivity index (χ3n) is 2.95. The van der Waals surface area contributed by atoms with E-state index in [1.54, 1.807) is 18.7 Å². The first-order valence-electron chi connectivity index (χ1n) is 6.63. The Bertz CT molecular complexity index is 480. The molecule has 0 aliphatic rings. The lowest BCUT2D eigenvalue weighted by Gasteiger charge is -2.29. The molecule has 0 aliphatic heterocycles. The fourth-order valence-electron chi connectivity index (χ4n) is 1.95. The van der Waals surface area contributed by atoms with Crippen molar-refractivity contribution in [1.82, 2.24) is 5.32 Å². The van der Waals surface area contributed by atoms with Crippen molar-refractivity contribution < 1.29 is 14.7 Å². The quantitative estimate of drug-likeness (QED) is 0.870. The highest BCUT2D eigenvalue weighted by atomic mass is 16.4. The lowest BCUT2D eigenvalue weighted by atomic mass is 10.0. The topological polar surface area (TPSA) is 69.6 Å². The van der Waals surface area contributed by atoms with E-state index in [-0.39, 0.29) is 12.5 Å². The molecule has 0 fully saturated rings. The normalized spacial score (nSPS) is 11.0. The van der Waals surface area contributed by atoms with E-state index in [1.165, 1.54) is 0 Å². The Kier molecular flexibility index (Phi) is 5.13. The number of amides is 2. The zero-order valence-electron chi connectivity index (χ0n) is 12.4. The van der Waals surface area contributed by atoms with Crippen LogP contribution in [-0.4, -0.2) is 29.2 Å². The van der Waals surface area contributed by atoms with Gasteiger partial charge in [-0.3, -0.25) is 9.69 Å². The minimum Gasteiger partial charge on any atom is -0.481 e. The van der Waals surface area contributed by atoms with E-state index in [2.05, 4.69) is 5.32 Å². The lowest BCUT2D eigenvalue weighted by Crippen LogP contribution is -2.51. The van der Waals surface area contributed by atoms with Gasteiger partial charge in [-0.15, -0.1) is 0 Å². The molecule has 0 bridgehead atoms.